The van der Waals surface area contributed by atoms with Crippen LogP contribution in [0.4, 0.5) is 5.95 Å². The third kappa shape index (κ3) is 3.26. The van der Waals surface area contributed by atoms with Crippen LogP contribution in [-0.4, -0.2) is 21.3 Å². The minimum Gasteiger partial charge on any atom is -0.355 e. The summed E-state index contributed by atoms with van der Waals surface area (Å²) in [6, 6.07) is 10.6. The van der Waals surface area contributed by atoms with Crippen molar-refractivity contribution in [3.05, 3.63) is 41.7 Å². The Balaban J connectivity index is 2.47. The molecule has 2 unspecified atom stereocenters. The van der Waals surface area contributed by atoms with E-state index in [9.17, 15) is 0 Å². The zero-order chi connectivity index (χ0) is 15.2. The number of nitrogens with zero attached hydrogens (tertiary/aromatic N) is 3. The lowest BCUT2D eigenvalue weighted by molar-refractivity contribution is 0.462. The van der Waals surface area contributed by atoms with Crippen molar-refractivity contribution in [2.24, 2.45) is 5.92 Å². The molecule has 0 aliphatic rings. The first-order valence-corrected chi connectivity index (χ1v) is 7.94. The molecule has 2 rings (SSSR count). The fraction of sp³-hybridized carbons (Fsp3) is 0.529. The van der Waals surface area contributed by atoms with E-state index in [-0.39, 0.29) is 5.92 Å². The Morgan fingerprint density at radius 1 is 1.10 bits per heavy atom. The smallest absolute Gasteiger partial charge is 0.224 e. The predicted octanol–water partition coefficient (Wildman–Crippen LogP) is 3.91. The summed E-state index contributed by atoms with van der Waals surface area (Å²) >= 11 is 0. The summed E-state index contributed by atoms with van der Waals surface area (Å²) in [7, 11) is 0. The molecule has 0 fully saturated rings. The van der Waals surface area contributed by atoms with Crippen LogP contribution in [0, 0.1) is 5.92 Å². The van der Waals surface area contributed by atoms with Crippen LogP contribution < -0.4 is 5.32 Å². The molecule has 0 spiro atoms. The first-order chi connectivity index (χ1) is 10.2. The van der Waals surface area contributed by atoms with E-state index in [2.05, 4.69) is 78.1 Å². The van der Waals surface area contributed by atoms with Gasteiger partial charge < -0.3 is 5.32 Å². The van der Waals surface area contributed by atoms with Gasteiger partial charge in [0.1, 0.15) is 5.82 Å². The Hall–Kier alpha value is -1.84. The summed E-state index contributed by atoms with van der Waals surface area (Å²) in [4.78, 5) is 0. The number of rotatable bonds is 7. The number of benzene rings is 1. The second-order valence-electron chi connectivity index (χ2n) is 5.43. The van der Waals surface area contributed by atoms with Crippen LogP contribution in [-0.2, 0) is 6.54 Å². The van der Waals surface area contributed by atoms with Crippen LogP contribution in [0.15, 0.2) is 30.3 Å². The topological polar surface area (TPSA) is 42.7 Å². The number of nitrogens with one attached hydrogen (secondary N) is 1. The molecule has 114 valence electrons. The van der Waals surface area contributed by atoms with Gasteiger partial charge in [0.25, 0.3) is 0 Å². The molecule has 1 heterocycles. The van der Waals surface area contributed by atoms with E-state index in [1.165, 1.54) is 5.56 Å². The minimum atomic E-state index is 0.288. The van der Waals surface area contributed by atoms with Crippen LogP contribution in [0.3, 0.4) is 0 Å². The van der Waals surface area contributed by atoms with Gasteiger partial charge in [0, 0.05) is 19.0 Å². The van der Waals surface area contributed by atoms with E-state index in [1.54, 1.807) is 0 Å². The first-order valence-electron chi connectivity index (χ1n) is 7.94. The monoisotopic (exact) mass is 286 g/mol. The lowest BCUT2D eigenvalue weighted by Crippen LogP contribution is -2.17. The highest BCUT2D eigenvalue weighted by Crippen LogP contribution is 2.33. The SMILES string of the molecule is CCNc1nnc(C(c2ccccc2)C(C)CC)n1CC. The Morgan fingerprint density at radius 2 is 1.81 bits per heavy atom. The summed E-state index contributed by atoms with van der Waals surface area (Å²) in [6.07, 6.45) is 1.12. The third-order valence-corrected chi connectivity index (χ3v) is 4.08. The maximum Gasteiger partial charge on any atom is 0.224 e. The highest BCUT2D eigenvalue weighted by atomic mass is 15.3. The summed E-state index contributed by atoms with van der Waals surface area (Å²) in [5.41, 5.74) is 1.32. The largest absolute Gasteiger partial charge is 0.355 e. The van der Waals surface area contributed by atoms with Crippen LogP contribution >= 0.6 is 0 Å². The van der Waals surface area contributed by atoms with Gasteiger partial charge in [-0.25, -0.2) is 0 Å². The molecule has 1 N–H and O–H groups in total. The highest BCUT2D eigenvalue weighted by Gasteiger charge is 2.26. The summed E-state index contributed by atoms with van der Waals surface area (Å²) in [5.74, 6) is 2.75. The number of anilines is 1. The van der Waals surface area contributed by atoms with Gasteiger partial charge in [-0.2, -0.15) is 0 Å². The maximum absolute atomic E-state index is 4.50. The molecule has 0 radical (unpaired) electrons. The second-order valence-corrected chi connectivity index (χ2v) is 5.43. The molecular weight excluding hydrogens is 260 g/mol. The highest BCUT2D eigenvalue weighted by molar-refractivity contribution is 5.32. The van der Waals surface area contributed by atoms with Crippen molar-refractivity contribution in [2.75, 3.05) is 11.9 Å². The van der Waals surface area contributed by atoms with Gasteiger partial charge in [0.15, 0.2) is 0 Å². The molecule has 0 saturated carbocycles. The molecule has 2 aromatic rings. The van der Waals surface area contributed by atoms with E-state index in [1.807, 2.05) is 0 Å². The number of hydrogen-bond donors (Lipinski definition) is 1. The van der Waals surface area contributed by atoms with Gasteiger partial charge in [0.2, 0.25) is 5.95 Å². The standard InChI is InChI=1S/C17H26N4/c1-5-13(4)15(14-11-9-8-10-12-14)16-19-20-17(18-6-2)21(16)7-3/h8-13,15H,5-7H2,1-4H3,(H,18,20). The molecule has 0 amide bonds. The van der Waals surface area contributed by atoms with Gasteiger partial charge in [-0.1, -0.05) is 50.6 Å². The van der Waals surface area contributed by atoms with E-state index in [0.717, 1.165) is 31.3 Å². The van der Waals surface area contributed by atoms with Crippen molar-refractivity contribution in [3.8, 4) is 0 Å². The van der Waals surface area contributed by atoms with Crippen molar-refractivity contribution < 1.29 is 0 Å². The lowest BCUT2D eigenvalue weighted by Gasteiger charge is -2.23. The minimum absolute atomic E-state index is 0.288. The van der Waals surface area contributed by atoms with Gasteiger partial charge >= 0.3 is 0 Å². The molecule has 0 bridgehead atoms. The van der Waals surface area contributed by atoms with Gasteiger partial charge in [-0.15, -0.1) is 10.2 Å². The van der Waals surface area contributed by atoms with Crippen molar-refractivity contribution in [2.45, 2.75) is 46.6 Å². The van der Waals surface area contributed by atoms with Crippen LogP contribution in [0.25, 0.3) is 0 Å². The van der Waals surface area contributed by atoms with E-state index in [4.69, 9.17) is 0 Å². The van der Waals surface area contributed by atoms with Gasteiger partial charge in [0.05, 0.1) is 0 Å². The Morgan fingerprint density at radius 3 is 2.38 bits per heavy atom. The summed E-state index contributed by atoms with van der Waals surface area (Å²) < 4.78 is 2.20. The molecule has 0 saturated heterocycles. The molecule has 4 nitrogen and oxygen atoms in total. The fourth-order valence-electron chi connectivity index (χ4n) is 2.77. The van der Waals surface area contributed by atoms with E-state index < -0.39 is 0 Å². The van der Waals surface area contributed by atoms with Crippen molar-refractivity contribution >= 4 is 5.95 Å². The molecule has 21 heavy (non-hydrogen) atoms. The molecule has 4 heteroatoms. The van der Waals surface area contributed by atoms with E-state index in [0.29, 0.717) is 5.92 Å². The average molecular weight is 286 g/mol. The van der Waals surface area contributed by atoms with Crippen molar-refractivity contribution in [1.29, 1.82) is 0 Å². The Labute approximate surface area is 127 Å². The van der Waals surface area contributed by atoms with Crippen molar-refractivity contribution in [3.63, 3.8) is 0 Å². The first kappa shape index (κ1) is 15.5. The van der Waals surface area contributed by atoms with Crippen LogP contribution in [0.5, 0.6) is 0 Å². The molecule has 0 aliphatic carbocycles. The molecule has 0 aliphatic heterocycles. The van der Waals surface area contributed by atoms with Gasteiger partial charge in [-0.3, -0.25) is 4.57 Å². The van der Waals surface area contributed by atoms with Crippen LogP contribution in [0.2, 0.25) is 0 Å². The second kappa shape index (κ2) is 7.25. The molecular formula is C17H26N4. The molecule has 2 atom stereocenters. The lowest BCUT2D eigenvalue weighted by atomic mass is 9.85. The predicted molar refractivity (Wildman–Crippen MR) is 87.6 cm³/mol. The molecule has 1 aromatic carbocycles. The maximum atomic E-state index is 4.50. The van der Waals surface area contributed by atoms with E-state index >= 15 is 0 Å². The molecule has 1 aromatic heterocycles. The number of aromatic nitrogens is 3. The average Bonchev–Trinajstić information content (AvgIpc) is 2.91. The zero-order valence-corrected chi connectivity index (χ0v) is 13.5. The third-order valence-electron chi connectivity index (χ3n) is 4.08. The zero-order valence-electron chi connectivity index (χ0n) is 13.5. The fourth-order valence-corrected chi connectivity index (χ4v) is 2.77. The summed E-state index contributed by atoms with van der Waals surface area (Å²) in [6.45, 7) is 10.5. The normalized spacial score (nSPS) is 13.9. The quantitative estimate of drug-likeness (QED) is 0.839. The Bertz CT molecular complexity index is 547. The van der Waals surface area contributed by atoms with Crippen LogP contribution in [0.1, 0.15) is 51.4 Å². The van der Waals surface area contributed by atoms with Crippen molar-refractivity contribution in [1.82, 2.24) is 14.8 Å². The summed E-state index contributed by atoms with van der Waals surface area (Å²) in [5, 5.41) is 12.1. The van der Waals surface area contributed by atoms with Gasteiger partial charge in [-0.05, 0) is 25.3 Å². The Kier molecular flexibility index (Phi) is 5.37. The number of hydrogen-bond acceptors (Lipinski definition) is 3.